The lowest BCUT2D eigenvalue weighted by atomic mass is 9.97. The molecule has 1 aliphatic heterocycles. The Kier molecular flexibility index (Phi) is 5.70. The number of primary amides is 1. The molecule has 1 atom stereocenters. The number of rotatable bonds is 4. The van der Waals surface area contributed by atoms with Gasteiger partial charge in [0.25, 0.3) is 0 Å². The first-order valence-electron chi connectivity index (χ1n) is 6.93. The lowest BCUT2D eigenvalue weighted by Gasteiger charge is -2.31. The molecule has 0 saturated carbocycles. The third-order valence-electron chi connectivity index (χ3n) is 3.66. The summed E-state index contributed by atoms with van der Waals surface area (Å²) in [5.74, 6) is -0.0205. The van der Waals surface area contributed by atoms with Crippen LogP contribution in [0.4, 0.5) is 0 Å². The van der Waals surface area contributed by atoms with E-state index in [0.29, 0.717) is 12.3 Å². The van der Waals surface area contributed by atoms with Crippen molar-refractivity contribution in [2.75, 3.05) is 18.8 Å². The van der Waals surface area contributed by atoms with Gasteiger partial charge in [0.1, 0.15) is 0 Å². The van der Waals surface area contributed by atoms with Crippen molar-refractivity contribution in [2.45, 2.75) is 24.7 Å². The predicted molar refractivity (Wildman–Crippen MR) is 88.1 cm³/mol. The van der Waals surface area contributed by atoms with Crippen molar-refractivity contribution in [3.8, 4) is 0 Å². The minimum Gasteiger partial charge on any atom is -0.369 e. The van der Waals surface area contributed by atoms with Crippen LogP contribution in [0.1, 0.15) is 18.4 Å². The van der Waals surface area contributed by atoms with Gasteiger partial charge in [0.05, 0.1) is 11.7 Å². The Hall–Kier alpha value is -1.01. The largest absolute Gasteiger partial charge is 0.369 e. The van der Waals surface area contributed by atoms with Crippen LogP contribution < -0.4 is 5.73 Å². The number of carbonyl (C=O) groups excluding carboxylic acids is 2. The van der Waals surface area contributed by atoms with Crippen LogP contribution in [0.2, 0.25) is 0 Å². The number of aryl methyl sites for hydroxylation is 1. The van der Waals surface area contributed by atoms with E-state index in [9.17, 15) is 9.59 Å². The number of carbonyl (C=O) groups is 2. The lowest BCUT2D eigenvalue weighted by molar-refractivity contribution is -0.132. The average molecular weight is 371 g/mol. The minimum atomic E-state index is -0.302. The van der Waals surface area contributed by atoms with Crippen molar-refractivity contribution in [1.29, 1.82) is 0 Å². The van der Waals surface area contributed by atoms with Crippen molar-refractivity contribution in [3.05, 3.63) is 28.2 Å². The maximum atomic E-state index is 12.3. The molecule has 1 saturated heterocycles. The molecular weight excluding hydrogens is 352 g/mol. The summed E-state index contributed by atoms with van der Waals surface area (Å²) in [5, 5.41) is 0. The number of nitrogens with two attached hydrogens (primary N) is 1. The van der Waals surface area contributed by atoms with Crippen LogP contribution in [0.5, 0.6) is 0 Å². The van der Waals surface area contributed by atoms with Gasteiger partial charge in [0.2, 0.25) is 11.8 Å². The van der Waals surface area contributed by atoms with Gasteiger partial charge in [0, 0.05) is 22.5 Å². The molecule has 2 rings (SSSR count). The van der Waals surface area contributed by atoms with Gasteiger partial charge < -0.3 is 10.6 Å². The highest BCUT2D eigenvalue weighted by Crippen LogP contribution is 2.26. The third kappa shape index (κ3) is 4.48. The van der Waals surface area contributed by atoms with Gasteiger partial charge in [-0.2, -0.15) is 0 Å². The number of hydrogen-bond acceptors (Lipinski definition) is 3. The second kappa shape index (κ2) is 7.31. The minimum absolute atomic E-state index is 0.0771. The molecule has 0 aliphatic carbocycles. The molecule has 0 spiro atoms. The van der Waals surface area contributed by atoms with Crippen molar-refractivity contribution in [2.24, 2.45) is 11.7 Å². The van der Waals surface area contributed by atoms with Gasteiger partial charge in [-0.3, -0.25) is 9.59 Å². The fourth-order valence-corrected chi connectivity index (χ4v) is 3.83. The molecule has 0 bridgehead atoms. The number of hydrogen-bond donors (Lipinski definition) is 1. The zero-order chi connectivity index (χ0) is 15.4. The van der Waals surface area contributed by atoms with Gasteiger partial charge in [-0.15, -0.1) is 11.8 Å². The second-order valence-electron chi connectivity index (χ2n) is 5.28. The summed E-state index contributed by atoms with van der Waals surface area (Å²) in [7, 11) is 0. The summed E-state index contributed by atoms with van der Waals surface area (Å²) < 4.78 is 1.04. The first-order chi connectivity index (χ1) is 9.97. The zero-order valence-electron chi connectivity index (χ0n) is 12.0. The summed E-state index contributed by atoms with van der Waals surface area (Å²) in [4.78, 5) is 26.4. The number of thioether (sulfide) groups is 1. The molecule has 4 nitrogen and oxygen atoms in total. The Morgan fingerprint density at radius 3 is 2.90 bits per heavy atom. The van der Waals surface area contributed by atoms with E-state index in [4.69, 9.17) is 5.73 Å². The Morgan fingerprint density at radius 2 is 2.24 bits per heavy atom. The normalized spacial score (nSPS) is 18.6. The number of piperidine rings is 1. The SMILES string of the molecule is Cc1cc(Br)ccc1SCC(=O)N1CCCC(C(N)=O)C1. The summed E-state index contributed by atoms with van der Waals surface area (Å²) >= 11 is 4.97. The van der Waals surface area contributed by atoms with E-state index in [2.05, 4.69) is 15.9 Å². The summed E-state index contributed by atoms with van der Waals surface area (Å²) in [5.41, 5.74) is 6.49. The monoisotopic (exact) mass is 370 g/mol. The zero-order valence-corrected chi connectivity index (χ0v) is 14.4. The molecule has 1 unspecified atom stereocenters. The van der Waals surface area contributed by atoms with E-state index in [-0.39, 0.29) is 17.7 Å². The fourth-order valence-electron chi connectivity index (χ4n) is 2.44. The highest BCUT2D eigenvalue weighted by atomic mass is 79.9. The summed E-state index contributed by atoms with van der Waals surface area (Å²) in [6.07, 6.45) is 1.64. The van der Waals surface area contributed by atoms with Crippen LogP contribution in [-0.4, -0.2) is 35.6 Å². The molecule has 114 valence electrons. The number of halogens is 1. The molecule has 1 fully saturated rings. The number of nitrogens with zero attached hydrogens (tertiary/aromatic N) is 1. The lowest BCUT2D eigenvalue weighted by Crippen LogP contribution is -2.44. The summed E-state index contributed by atoms with van der Waals surface area (Å²) in [6, 6.07) is 6.03. The molecule has 0 radical (unpaired) electrons. The maximum absolute atomic E-state index is 12.3. The molecule has 0 aromatic heterocycles. The number of amides is 2. The molecule has 1 aliphatic rings. The molecule has 1 heterocycles. The molecule has 1 aromatic carbocycles. The van der Waals surface area contributed by atoms with E-state index >= 15 is 0 Å². The smallest absolute Gasteiger partial charge is 0.232 e. The number of benzene rings is 1. The molecule has 1 aromatic rings. The predicted octanol–water partition coefficient (Wildman–Crippen LogP) is 2.57. The van der Waals surface area contributed by atoms with Gasteiger partial charge in [-0.05, 0) is 43.5 Å². The molecule has 6 heteroatoms. The highest BCUT2D eigenvalue weighted by Gasteiger charge is 2.26. The highest BCUT2D eigenvalue weighted by molar-refractivity contribution is 9.10. The molecule has 2 N–H and O–H groups in total. The van der Waals surface area contributed by atoms with E-state index < -0.39 is 0 Å². The van der Waals surface area contributed by atoms with Crippen molar-refractivity contribution < 1.29 is 9.59 Å². The first kappa shape index (κ1) is 16.4. The quantitative estimate of drug-likeness (QED) is 0.828. The fraction of sp³-hybridized carbons (Fsp3) is 0.467. The Morgan fingerprint density at radius 1 is 1.48 bits per heavy atom. The Bertz CT molecular complexity index is 550. The van der Waals surface area contributed by atoms with Crippen molar-refractivity contribution >= 4 is 39.5 Å². The third-order valence-corrected chi connectivity index (χ3v) is 5.32. The van der Waals surface area contributed by atoms with Crippen LogP contribution in [-0.2, 0) is 9.59 Å². The number of likely N-dealkylation sites (tertiary alicyclic amines) is 1. The Labute approximate surface area is 137 Å². The van der Waals surface area contributed by atoms with Crippen molar-refractivity contribution in [1.82, 2.24) is 4.90 Å². The molecular formula is C15H19BrN2O2S. The summed E-state index contributed by atoms with van der Waals surface area (Å²) in [6.45, 7) is 3.22. The standard InChI is InChI=1S/C15H19BrN2O2S/c1-10-7-12(16)4-5-13(10)21-9-14(19)18-6-2-3-11(8-18)15(17)20/h4-5,7,11H,2-3,6,8-9H2,1H3,(H2,17,20). The van der Waals surface area contributed by atoms with Crippen LogP contribution in [0.25, 0.3) is 0 Å². The van der Waals surface area contributed by atoms with Crippen LogP contribution in [0.15, 0.2) is 27.6 Å². The second-order valence-corrected chi connectivity index (χ2v) is 7.21. The van der Waals surface area contributed by atoms with E-state index in [1.54, 1.807) is 4.90 Å². The van der Waals surface area contributed by atoms with Crippen LogP contribution in [0.3, 0.4) is 0 Å². The van der Waals surface area contributed by atoms with Crippen LogP contribution in [0, 0.1) is 12.8 Å². The van der Waals surface area contributed by atoms with Gasteiger partial charge in [-0.1, -0.05) is 15.9 Å². The van der Waals surface area contributed by atoms with Gasteiger partial charge in [-0.25, -0.2) is 0 Å². The van der Waals surface area contributed by atoms with Crippen LogP contribution >= 0.6 is 27.7 Å². The molecule has 2 amide bonds. The molecule has 21 heavy (non-hydrogen) atoms. The van der Waals surface area contributed by atoms with E-state index in [1.807, 2.05) is 25.1 Å². The van der Waals surface area contributed by atoms with E-state index in [0.717, 1.165) is 34.3 Å². The van der Waals surface area contributed by atoms with Gasteiger partial charge in [0.15, 0.2) is 0 Å². The topological polar surface area (TPSA) is 63.4 Å². The van der Waals surface area contributed by atoms with E-state index in [1.165, 1.54) is 11.8 Å². The maximum Gasteiger partial charge on any atom is 0.232 e. The Balaban J connectivity index is 1.90. The van der Waals surface area contributed by atoms with Gasteiger partial charge >= 0.3 is 0 Å². The average Bonchev–Trinajstić information content (AvgIpc) is 2.46. The first-order valence-corrected chi connectivity index (χ1v) is 8.71. The van der Waals surface area contributed by atoms with Crippen molar-refractivity contribution in [3.63, 3.8) is 0 Å².